The molecule has 0 spiro atoms. The zero-order valence-electron chi connectivity index (χ0n) is 24.2. The predicted octanol–water partition coefficient (Wildman–Crippen LogP) is 6.63. The van der Waals surface area contributed by atoms with Crippen molar-refractivity contribution in [2.75, 3.05) is 36.5 Å². The van der Waals surface area contributed by atoms with Gasteiger partial charge in [-0.15, -0.1) is 0 Å². The van der Waals surface area contributed by atoms with Crippen molar-refractivity contribution < 1.29 is 13.7 Å². The van der Waals surface area contributed by atoms with Gasteiger partial charge >= 0.3 is 7.12 Å². The molecule has 3 heterocycles. The lowest BCUT2D eigenvalue weighted by molar-refractivity contribution is 0.0343. The highest BCUT2D eigenvalue weighted by Gasteiger charge is 2.35. The molecule has 1 aromatic heterocycles. The molecule has 5 rings (SSSR count). The molecule has 8 heteroatoms. The topological polar surface area (TPSA) is 63.9 Å². The number of hydrogen-bond donors (Lipinski definition) is 1. The van der Waals surface area contributed by atoms with Crippen LogP contribution in [0, 0.1) is 24.7 Å². The van der Waals surface area contributed by atoms with E-state index in [1.54, 1.807) is 0 Å². The first-order valence-electron chi connectivity index (χ1n) is 14.0. The Kier molecular flexibility index (Phi) is 7.55. The lowest BCUT2D eigenvalue weighted by atomic mass is 9.74. The number of fused-ring (bicyclic) bond motifs is 1. The van der Waals surface area contributed by atoms with Gasteiger partial charge in [-0.05, 0) is 62.8 Å². The Balaban J connectivity index is 1.52. The average Bonchev–Trinajstić information content (AvgIpc) is 2.87. The van der Waals surface area contributed by atoms with Crippen LogP contribution >= 0.6 is 11.6 Å². The standard InChI is InChI=1S/C31H40BClN2O4/c1-19-14-23(21(3)34-26-16-22(33)8-9-25(26)32-37-17-31(6,7)18-38-32)28-24(15-19)27(36)20(2)29(39-28)35-12-10-30(4,5)11-13-35/h8-9,14-16,21,34H,10-13,17-18H2,1-7H3/t21-/m1/s1. The van der Waals surface area contributed by atoms with Crippen molar-refractivity contribution in [1.29, 1.82) is 0 Å². The fourth-order valence-electron chi connectivity index (χ4n) is 5.54. The summed E-state index contributed by atoms with van der Waals surface area (Å²) < 4.78 is 18.8. The van der Waals surface area contributed by atoms with Crippen molar-refractivity contribution in [1.82, 2.24) is 0 Å². The second-order valence-corrected chi connectivity index (χ2v) is 13.4. The van der Waals surface area contributed by atoms with Crippen molar-refractivity contribution in [2.24, 2.45) is 10.8 Å². The first kappa shape index (κ1) is 28.1. The van der Waals surface area contributed by atoms with Gasteiger partial charge in [0, 0.05) is 53.5 Å². The van der Waals surface area contributed by atoms with E-state index in [-0.39, 0.29) is 16.9 Å². The van der Waals surface area contributed by atoms with Gasteiger partial charge in [-0.3, -0.25) is 4.79 Å². The molecule has 39 heavy (non-hydrogen) atoms. The van der Waals surface area contributed by atoms with Crippen LogP contribution in [0.25, 0.3) is 11.0 Å². The molecule has 0 radical (unpaired) electrons. The van der Waals surface area contributed by atoms with Crippen LogP contribution in [0.15, 0.2) is 39.5 Å². The highest BCUT2D eigenvalue weighted by atomic mass is 35.5. The Morgan fingerprint density at radius 1 is 1.00 bits per heavy atom. The molecule has 0 bridgehead atoms. The van der Waals surface area contributed by atoms with Gasteiger partial charge in [-0.25, -0.2) is 0 Å². The van der Waals surface area contributed by atoms with E-state index in [1.807, 2.05) is 38.1 Å². The van der Waals surface area contributed by atoms with E-state index in [2.05, 4.69) is 50.9 Å². The Hall–Kier alpha value is -2.48. The average molecular weight is 551 g/mol. The molecule has 0 aliphatic carbocycles. The van der Waals surface area contributed by atoms with Gasteiger partial charge < -0.3 is 23.9 Å². The summed E-state index contributed by atoms with van der Waals surface area (Å²) in [6.07, 6.45) is 2.12. The molecule has 0 amide bonds. The van der Waals surface area contributed by atoms with Gasteiger partial charge in [0.1, 0.15) is 5.58 Å². The molecule has 0 saturated carbocycles. The maximum Gasteiger partial charge on any atom is 0.496 e. The molecule has 2 aromatic carbocycles. The molecule has 2 saturated heterocycles. The number of anilines is 2. The second kappa shape index (κ2) is 10.5. The first-order valence-corrected chi connectivity index (χ1v) is 14.3. The van der Waals surface area contributed by atoms with Gasteiger partial charge in [0.2, 0.25) is 5.88 Å². The van der Waals surface area contributed by atoms with Crippen LogP contribution in [0.4, 0.5) is 11.6 Å². The molecule has 2 fully saturated rings. The summed E-state index contributed by atoms with van der Waals surface area (Å²) in [5.74, 6) is 0.690. The number of nitrogens with one attached hydrogen (secondary N) is 1. The molecule has 2 aliphatic rings. The van der Waals surface area contributed by atoms with E-state index in [0.29, 0.717) is 46.1 Å². The number of aryl methyl sites for hydroxylation is 1. The molecule has 6 nitrogen and oxygen atoms in total. The fraction of sp³-hybridized carbons (Fsp3) is 0.516. The van der Waals surface area contributed by atoms with E-state index >= 15 is 0 Å². The highest BCUT2D eigenvalue weighted by Crippen LogP contribution is 2.36. The molecular weight excluding hydrogens is 511 g/mol. The maximum atomic E-state index is 13.6. The van der Waals surface area contributed by atoms with E-state index < -0.39 is 7.12 Å². The summed E-state index contributed by atoms with van der Waals surface area (Å²) in [5, 5.41) is 4.87. The number of piperidine rings is 1. The van der Waals surface area contributed by atoms with Crippen molar-refractivity contribution in [2.45, 2.75) is 67.3 Å². The summed E-state index contributed by atoms with van der Waals surface area (Å²) in [6.45, 7) is 17.8. The molecule has 1 atom stereocenters. The predicted molar refractivity (Wildman–Crippen MR) is 162 cm³/mol. The molecular formula is C31H40BClN2O4. The number of halogens is 1. The molecule has 208 valence electrons. The van der Waals surface area contributed by atoms with E-state index in [4.69, 9.17) is 25.3 Å². The third-order valence-corrected chi connectivity index (χ3v) is 8.36. The quantitative estimate of drug-likeness (QED) is 0.360. The van der Waals surface area contributed by atoms with Crippen LogP contribution in [0.3, 0.4) is 0 Å². The summed E-state index contributed by atoms with van der Waals surface area (Å²) in [6, 6.07) is 9.57. The van der Waals surface area contributed by atoms with Gasteiger partial charge in [0.15, 0.2) is 5.43 Å². The van der Waals surface area contributed by atoms with Crippen LogP contribution in [0.1, 0.15) is 70.2 Å². The van der Waals surface area contributed by atoms with Crippen molar-refractivity contribution >= 4 is 46.7 Å². The minimum Gasteiger partial charge on any atom is -0.440 e. The van der Waals surface area contributed by atoms with E-state index in [9.17, 15) is 4.79 Å². The SMILES string of the molecule is Cc1cc([C@@H](C)Nc2cc(Cl)ccc2B2OCC(C)(C)CO2)c2oc(N3CCC(C)(C)CC3)c(C)c(=O)c2c1. The van der Waals surface area contributed by atoms with Crippen molar-refractivity contribution in [3.05, 3.63) is 62.3 Å². The van der Waals surface area contributed by atoms with Crippen molar-refractivity contribution in [3.8, 4) is 0 Å². The third kappa shape index (κ3) is 5.86. The number of nitrogens with zero attached hydrogens (tertiary/aromatic N) is 1. The van der Waals surface area contributed by atoms with Gasteiger partial charge in [-0.2, -0.15) is 0 Å². The van der Waals surface area contributed by atoms with Gasteiger partial charge in [0.05, 0.1) is 17.0 Å². The Morgan fingerprint density at radius 2 is 1.67 bits per heavy atom. The fourth-order valence-corrected chi connectivity index (χ4v) is 5.71. The lowest BCUT2D eigenvalue weighted by Gasteiger charge is -2.37. The normalized spacial score (nSPS) is 19.8. The Bertz CT molecular complexity index is 1430. The molecule has 2 aliphatic heterocycles. The zero-order valence-corrected chi connectivity index (χ0v) is 25.0. The molecule has 0 unspecified atom stereocenters. The van der Waals surface area contributed by atoms with Crippen molar-refractivity contribution in [3.63, 3.8) is 0 Å². The monoisotopic (exact) mass is 550 g/mol. The van der Waals surface area contributed by atoms with Crippen LogP contribution < -0.4 is 21.1 Å². The zero-order chi connectivity index (χ0) is 28.1. The largest absolute Gasteiger partial charge is 0.496 e. The number of hydrogen-bond acceptors (Lipinski definition) is 6. The van der Waals surface area contributed by atoms with E-state index in [0.717, 1.165) is 48.2 Å². The molecule has 3 aromatic rings. The summed E-state index contributed by atoms with van der Waals surface area (Å²) >= 11 is 6.43. The molecule has 1 N–H and O–H groups in total. The summed E-state index contributed by atoms with van der Waals surface area (Å²) in [7, 11) is -0.477. The first-order chi connectivity index (χ1) is 18.3. The second-order valence-electron chi connectivity index (χ2n) is 13.0. The highest BCUT2D eigenvalue weighted by molar-refractivity contribution is 6.63. The smallest absolute Gasteiger partial charge is 0.440 e. The maximum absolute atomic E-state index is 13.6. The van der Waals surface area contributed by atoms with Crippen LogP contribution in [0.5, 0.6) is 0 Å². The third-order valence-electron chi connectivity index (χ3n) is 8.13. The number of benzene rings is 2. The van der Waals surface area contributed by atoms with Gasteiger partial charge in [-0.1, -0.05) is 51.4 Å². The lowest BCUT2D eigenvalue weighted by Crippen LogP contribution is -2.48. The van der Waals surface area contributed by atoms with Crippen LogP contribution in [-0.4, -0.2) is 33.4 Å². The van der Waals surface area contributed by atoms with E-state index in [1.165, 1.54) is 0 Å². The summed E-state index contributed by atoms with van der Waals surface area (Å²) in [5.41, 5.74) is 5.28. The summed E-state index contributed by atoms with van der Waals surface area (Å²) in [4.78, 5) is 15.8. The Morgan fingerprint density at radius 3 is 2.33 bits per heavy atom. The number of rotatable bonds is 5. The minimum atomic E-state index is -0.477. The van der Waals surface area contributed by atoms with Crippen LogP contribution in [0.2, 0.25) is 5.02 Å². The Labute approximate surface area is 237 Å². The minimum absolute atomic E-state index is 0.0260. The van der Waals surface area contributed by atoms with Gasteiger partial charge in [0.25, 0.3) is 0 Å². The van der Waals surface area contributed by atoms with Crippen LogP contribution in [-0.2, 0) is 9.31 Å².